The second kappa shape index (κ2) is 9.58. The zero-order valence-corrected chi connectivity index (χ0v) is 21.2. The average molecular weight is 505 g/mol. The van der Waals surface area contributed by atoms with E-state index in [2.05, 4.69) is 32.2 Å². The molecule has 37 heavy (non-hydrogen) atoms. The van der Waals surface area contributed by atoms with Gasteiger partial charge in [-0.05, 0) is 48.6 Å². The van der Waals surface area contributed by atoms with Crippen molar-refractivity contribution >= 4 is 22.8 Å². The van der Waals surface area contributed by atoms with Gasteiger partial charge in [-0.25, -0.2) is 4.39 Å². The van der Waals surface area contributed by atoms with Crippen molar-refractivity contribution in [3.8, 4) is 0 Å². The van der Waals surface area contributed by atoms with Crippen molar-refractivity contribution in [1.82, 2.24) is 20.1 Å². The number of aromatic amines is 1. The van der Waals surface area contributed by atoms with E-state index in [1.807, 2.05) is 24.3 Å². The number of likely N-dealkylation sites (tertiary alicyclic amines) is 1. The number of amides is 1. The fourth-order valence-electron chi connectivity index (χ4n) is 6.95. The number of benzene rings is 2. The minimum absolute atomic E-state index is 0.00164. The summed E-state index contributed by atoms with van der Waals surface area (Å²) in [5.41, 5.74) is 4.42. The Morgan fingerprint density at radius 3 is 2.59 bits per heavy atom. The van der Waals surface area contributed by atoms with Gasteiger partial charge < -0.3 is 15.0 Å². The van der Waals surface area contributed by atoms with Crippen LogP contribution in [0.3, 0.4) is 0 Å². The Hall–Kier alpha value is -3.23. The third kappa shape index (κ3) is 4.32. The Bertz CT molecular complexity index is 1320. The van der Waals surface area contributed by atoms with Gasteiger partial charge >= 0.3 is 5.97 Å². The number of nitrogens with one attached hydrogen (secondary N) is 2. The number of H-pyrrole nitrogens is 1. The number of carbonyl (C=O) groups excluding carboxylic acids is 2. The first-order valence-corrected chi connectivity index (χ1v) is 13.1. The third-order valence-corrected chi connectivity index (χ3v) is 8.52. The lowest BCUT2D eigenvalue weighted by Gasteiger charge is -2.52. The van der Waals surface area contributed by atoms with Crippen molar-refractivity contribution in [2.45, 2.75) is 62.8 Å². The Labute approximate surface area is 216 Å². The number of methoxy groups -OCH3 is 1. The topological polar surface area (TPSA) is 77.7 Å². The van der Waals surface area contributed by atoms with Gasteiger partial charge in [0.2, 0.25) is 5.91 Å². The van der Waals surface area contributed by atoms with Crippen LogP contribution in [-0.4, -0.2) is 65.0 Å². The van der Waals surface area contributed by atoms with Crippen LogP contribution in [0.4, 0.5) is 4.39 Å². The van der Waals surface area contributed by atoms with Crippen LogP contribution < -0.4 is 5.32 Å². The molecule has 8 heteroatoms. The van der Waals surface area contributed by atoms with E-state index in [1.54, 1.807) is 6.92 Å². The van der Waals surface area contributed by atoms with Gasteiger partial charge in [0.1, 0.15) is 11.9 Å². The van der Waals surface area contributed by atoms with Gasteiger partial charge in [-0.15, -0.1) is 0 Å². The highest BCUT2D eigenvalue weighted by molar-refractivity contribution is 5.87. The molecular weight excluding hydrogens is 471 g/mol. The normalized spacial score (nSPS) is 28.0. The number of hydrogen-bond acceptors (Lipinski definition) is 5. The van der Waals surface area contributed by atoms with Crippen LogP contribution in [0.1, 0.15) is 55.1 Å². The van der Waals surface area contributed by atoms with Crippen LogP contribution >= 0.6 is 0 Å². The number of esters is 1. The number of nitrogens with zero attached hydrogens (tertiary/aromatic N) is 2. The molecule has 5 atom stereocenters. The Morgan fingerprint density at radius 1 is 1.08 bits per heavy atom. The molecule has 1 aromatic heterocycles. The predicted molar refractivity (Wildman–Crippen MR) is 138 cm³/mol. The van der Waals surface area contributed by atoms with E-state index in [0.717, 1.165) is 54.5 Å². The first-order chi connectivity index (χ1) is 17.9. The highest BCUT2D eigenvalue weighted by atomic mass is 19.1. The molecule has 0 aliphatic carbocycles. The van der Waals surface area contributed by atoms with Gasteiger partial charge in [0, 0.05) is 61.2 Å². The SMILES string of the molecule is COC(=O)[C@@H]1Cc2c([nH]c3ccccc23)[C@@H]2C[C@H](N3CC[C@H](NC(C)=O)C3)C[C@@H](c3ccc(F)cc3)N12. The molecule has 2 N–H and O–H groups in total. The van der Waals surface area contributed by atoms with Crippen molar-refractivity contribution in [2.24, 2.45) is 0 Å². The van der Waals surface area contributed by atoms with E-state index in [9.17, 15) is 14.0 Å². The number of aromatic nitrogens is 1. The van der Waals surface area contributed by atoms with Gasteiger partial charge in [-0.1, -0.05) is 30.3 Å². The van der Waals surface area contributed by atoms with Crippen LogP contribution in [-0.2, 0) is 20.7 Å². The number of halogens is 1. The molecule has 0 bridgehead atoms. The lowest BCUT2D eigenvalue weighted by Crippen LogP contribution is -2.56. The zero-order chi connectivity index (χ0) is 25.7. The second-order valence-corrected chi connectivity index (χ2v) is 10.6. The van der Waals surface area contributed by atoms with E-state index in [4.69, 9.17) is 4.74 Å². The Balaban J connectivity index is 1.43. The molecule has 2 fully saturated rings. The summed E-state index contributed by atoms with van der Waals surface area (Å²) in [5.74, 6) is -0.508. The van der Waals surface area contributed by atoms with E-state index < -0.39 is 6.04 Å². The number of piperidine rings is 1. The van der Waals surface area contributed by atoms with Crippen LogP contribution in [0.25, 0.3) is 10.9 Å². The molecule has 4 heterocycles. The summed E-state index contributed by atoms with van der Waals surface area (Å²) in [4.78, 5) is 33.4. The highest BCUT2D eigenvalue weighted by Crippen LogP contribution is 2.50. The monoisotopic (exact) mass is 504 g/mol. The van der Waals surface area contributed by atoms with Crippen molar-refractivity contribution < 1.29 is 18.7 Å². The number of carbonyl (C=O) groups is 2. The highest BCUT2D eigenvalue weighted by Gasteiger charge is 2.49. The molecule has 0 spiro atoms. The van der Waals surface area contributed by atoms with Crippen LogP contribution in [0.2, 0.25) is 0 Å². The van der Waals surface area contributed by atoms with Gasteiger partial charge in [0.25, 0.3) is 0 Å². The maximum atomic E-state index is 13.9. The number of rotatable bonds is 4. The number of para-hydroxylation sites is 1. The lowest BCUT2D eigenvalue weighted by molar-refractivity contribution is -0.152. The van der Waals surface area contributed by atoms with Crippen LogP contribution in [0.15, 0.2) is 48.5 Å². The van der Waals surface area contributed by atoms with E-state index in [1.165, 1.54) is 24.8 Å². The van der Waals surface area contributed by atoms with Crippen LogP contribution in [0.5, 0.6) is 0 Å². The van der Waals surface area contributed by atoms with E-state index in [0.29, 0.717) is 6.42 Å². The molecule has 2 saturated heterocycles. The molecule has 1 amide bonds. The minimum Gasteiger partial charge on any atom is -0.468 e. The molecule has 0 radical (unpaired) electrons. The summed E-state index contributed by atoms with van der Waals surface area (Å²) in [5, 5.41) is 4.23. The zero-order valence-electron chi connectivity index (χ0n) is 21.2. The Morgan fingerprint density at radius 2 is 1.84 bits per heavy atom. The molecular formula is C29H33FN4O3. The second-order valence-electron chi connectivity index (χ2n) is 10.6. The molecule has 0 saturated carbocycles. The first kappa shape index (κ1) is 24.1. The predicted octanol–water partition coefficient (Wildman–Crippen LogP) is 3.86. The van der Waals surface area contributed by atoms with Gasteiger partial charge in [-0.3, -0.25) is 19.4 Å². The third-order valence-electron chi connectivity index (χ3n) is 8.52. The summed E-state index contributed by atoms with van der Waals surface area (Å²) in [7, 11) is 1.45. The summed E-state index contributed by atoms with van der Waals surface area (Å²) >= 11 is 0. The fourth-order valence-corrected chi connectivity index (χ4v) is 6.95. The van der Waals surface area contributed by atoms with Crippen molar-refractivity contribution in [2.75, 3.05) is 20.2 Å². The van der Waals surface area contributed by atoms with Crippen molar-refractivity contribution in [3.05, 3.63) is 71.2 Å². The number of fused-ring (bicyclic) bond motifs is 5. The summed E-state index contributed by atoms with van der Waals surface area (Å²) < 4.78 is 19.2. The molecule has 3 aromatic rings. The van der Waals surface area contributed by atoms with Gasteiger partial charge in [0.15, 0.2) is 0 Å². The lowest BCUT2D eigenvalue weighted by atomic mass is 9.79. The smallest absolute Gasteiger partial charge is 0.323 e. The molecule has 194 valence electrons. The largest absolute Gasteiger partial charge is 0.468 e. The van der Waals surface area contributed by atoms with Gasteiger partial charge in [-0.2, -0.15) is 0 Å². The average Bonchev–Trinajstić information content (AvgIpc) is 3.52. The summed E-state index contributed by atoms with van der Waals surface area (Å²) in [6.45, 7) is 3.30. The molecule has 0 unspecified atom stereocenters. The Kier molecular flexibility index (Phi) is 6.24. The van der Waals surface area contributed by atoms with Crippen molar-refractivity contribution in [1.29, 1.82) is 0 Å². The molecule has 3 aliphatic rings. The first-order valence-electron chi connectivity index (χ1n) is 13.1. The number of ether oxygens (including phenoxy) is 1. The molecule has 7 nitrogen and oxygen atoms in total. The maximum absolute atomic E-state index is 13.9. The summed E-state index contributed by atoms with van der Waals surface area (Å²) in [6, 6.07) is 14.8. The van der Waals surface area contributed by atoms with Gasteiger partial charge in [0.05, 0.1) is 13.2 Å². The summed E-state index contributed by atoms with van der Waals surface area (Å²) in [6.07, 6.45) is 3.17. The van der Waals surface area contributed by atoms with Crippen molar-refractivity contribution in [3.63, 3.8) is 0 Å². The maximum Gasteiger partial charge on any atom is 0.323 e. The fraction of sp³-hybridized carbons (Fsp3) is 0.448. The van der Waals surface area contributed by atoms with E-state index in [-0.39, 0.29) is 41.9 Å². The molecule has 6 rings (SSSR count). The van der Waals surface area contributed by atoms with Crippen LogP contribution in [0, 0.1) is 5.82 Å². The standard InChI is InChI=1S/C29H33FN4O3/c1-17(35)31-20-11-12-33(16-20)21-13-25(18-7-9-19(30)10-8-18)34-26(14-21)28-23(15-27(34)29(36)37-2)22-5-3-4-6-24(22)32-28/h3-10,20-21,25-27,32H,11-16H2,1-2H3,(H,31,35)/t20-,21+,25-,26-,27-/m0/s1. The number of hydrogen-bond donors (Lipinski definition) is 2. The minimum atomic E-state index is -0.427. The molecule has 2 aromatic carbocycles. The van der Waals surface area contributed by atoms with E-state index >= 15 is 0 Å². The quantitative estimate of drug-likeness (QED) is 0.528. The molecule has 3 aliphatic heterocycles.